The summed E-state index contributed by atoms with van der Waals surface area (Å²) >= 11 is 0. The number of likely N-dealkylation sites (tertiary alicyclic amines) is 1. The first-order valence-electron chi connectivity index (χ1n) is 11.8. The number of aromatic nitrogens is 5. The molecule has 5 rings (SSSR count). The molecule has 1 N–H and O–H groups in total. The molecule has 2 aromatic heterocycles. The monoisotopic (exact) mass is 458 g/mol. The number of aryl methyl sites for hydroxylation is 1. The number of methoxy groups -OCH3 is 1. The molecule has 3 heterocycles. The molecule has 34 heavy (non-hydrogen) atoms. The first-order chi connectivity index (χ1) is 16.5. The molecule has 176 valence electrons. The second-order valence-corrected chi connectivity index (χ2v) is 9.28. The molecule has 1 aliphatic heterocycles. The number of ether oxygens (including phenoxy) is 1. The predicted molar refractivity (Wildman–Crippen MR) is 131 cm³/mol. The van der Waals surface area contributed by atoms with Gasteiger partial charge in [0.05, 0.1) is 19.2 Å². The molecule has 1 saturated heterocycles. The number of rotatable bonds is 6. The maximum absolute atomic E-state index is 13.4. The molecule has 0 aliphatic carbocycles. The van der Waals surface area contributed by atoms with Gasteiger partial charge in [-0.1, -0.05) is 37.3 Å². The maximum atomic E-state index is 13.4. The van der Waals surface area contributed by atoms with Crippen molar-refractivity contribution in [2.24, 2.45) is 5.92 Å². The van der Waals surface area contributed by atoms with E-state index in [-0.39, 0.29) is 11.6 Å². The highest BCUT2D eigenvalue weighted by Crippen LogP contribution is 2.31. The molecule has 1 aliphatic rings. The van der Waals surface area contributed by atoms with Crippen LogP contribution in [0.5, 0.6) is 5.75 Å². The lowest BCUT2D eigenvalue weighted by atomic mass is 9.95. The van der Waals surface area contributed by atoms with Gasteiger partial charge in [0.15, 0.2) is 5.82 Å². The van der Waals surface area contributed by atoms with Crippen LogP contribution in [0.15, 0.2) is 53.3 Å². The van der Waals surface area contributed by atoms with Crippen LogP contribution in [-0.4, -0.2) is 50.3 Å². The molecule has 1 fully saturated rings. The minimum absolute atomic E-state index is 0.0935. The topological polar surface area (TPSA) is 88.9 Å². The van der Waals surface area contributed by atoms with Crippen molar-refractivity contribution >= 4 is 10.9 Å². The summed E-state index contributed by atoms with van der Waals surface area (Å²) in [6, 6.07) is 15.6. The van der Waals surface area contributed by atoms with Crippen LogP contribution in [-0.2, 0) is 6.54 Å². The Kier molecular flexibility index (Phi) is 6.15. The van der Waals surface area contributed by atoms with Crippen molar-refractivity contribution < 1.29 is 4.74 Å². The molecule has 2 atom stereocenters. The van der Waals surface area contributed by atoms with Crippen LogP contribution in [0.1, 0.15) is 48.3 Å². The molecule has 0 amide bonds. The number of H-pyrrole nitrogens is 1. The molecule has 8 nitrogen and oxygen atoms in total. The van der Waals surface area contributed by atoms with Gasteiger partial charge in [-0.25, -0.2) is 4.68 Å². The molecule has 0 saturated carbocycles. The van der Waals surface area contributed by atoms with Gasteiger partial charge in [0, 0.05) is 12.1 Å². The number of pyridine rings is 1. The summed E-state index contributed by atoms with van der Waals surface area (Å²) in [5.74, 6) is 2.03. The van der Waals surface area contributed by atoms with Gasteiger partial charge in [0.2, 0.25) is 0 Å². The number of fused-ring (bicyclic) bond motifs is 1. The lowest BCUT2D eigenvalue weighted by Crippen LogP contribution is -2.41. The molecular formula is C26H30N6O2. The van der Waals surface area contributed by atoms with Gasteiger partial charge < -0.3 is 9.72 Å². The largest absolute Gasteiger partial charge is 0.497 e. The van der Waals surface area contributed by atoms with Crippen LogP contribution in [0.2, 0.25) is 0 Å². The zero-order valence-corrected chi connectivity index (χ0v) is 19.9. The van der Waals surface area contributed by atoms with Crippen LogP contribution >= 0.6 is 0 Å². The van der Waals surface area contributed by atoms with E-state index in [0.717, 1.165) is 47.3 Å². The fraction of sp³-hybridized carbons (Fsp3) is 0.385. The van der Waals surface area contributed by atoms with Crippen LogP contribution in [0.3, 0.4) is 0 Å². The zero-order chi connectivity index (χ0) is 23.7. The Bertz CT molecular complexity index is 1340. The molecular weight excluding hydrogens is 428 g/mol. The summed E-state index contributed by atoms with van der Waals surface area (Å²) in [4.78, 5) is 18.9. The van der Waals surface area contributed by atoms with E-state index < -0.39 is 0 Å². The van der Waals surface area contributed by atoms with Crippen molar-refractivity contribution in [3.63, 3.8) is 0 Å². The third-order valence-electron chi connectivity index (χ3n) is 6.76. The number of benzene rings is 2. The van der Waals surface area contributed by atoms with Gasteiger partial charge in [-0.3, -0.25) is 9.69 Å². The summed E-state index contributed by atoms with van der Waals surface area (Å²) in [6.45, 7) is 6.58. The molecule has 0 radical (unpaired) electrons. The third-order valence-corrected chi connectivity index (χ3v) is 6.76. The highest BCUT2D eigenvalue weighted by Gasteiger charge is 2.32. The number of para-hydroxylation sites is 1. The van der Waals surface area contributed by atoms with Gasteiger partial charge in [0.1, 0.15) is 11.8 Å². The van der Waals surface area contributed by atoms with E-state index in [1.807, 2.05) is 60.1 Å². The number of tetrazole rings is 1. The second-order valence-electron chi connectivity index (χ2n) is 9.28. The Labute approximate surface area is 198 Å². The number of nitrogens with one attached hydrogen (secondary N) is 1. The van der Waals surface area contributed by atoms with E-state index in [2.05, 4.69) is 32.3 Å². The van der Waals surface area contributed by atoms with Crippen molar-refractivity contribution in [1.29, 1.82) is 0 Å². The van der Waals surface area contributed by atoms with E-state index in [4.69, 9.17) is 4.74 Å². The molecule has 0 unspecified atom stereocenters. The van der Waals surface area contributed by atoms with Crippen LogP contribution < -0.4 is 10.3 Å². The Hall–Kier alpha value is -3.52. The first kappa shape index (κ1) is 22.3. The zero-order valence-electron chi connectivity index (χ0n) is 19.9. The van der Waals surface area contributed by atoms with Gasteiger partial charge in [-0.15, -0.1) is 5.10 Å². The minimum Gasteiger partial charge on any atom is -0.497 e. The van der Waals surface area contributed by atoms with Crippen LogP contribution in [0.4, 0.5) is 0 Å². The fourth-order valence-electron chi connectivity index (χ4n) is 4.99. The number of piperidine rings is 1. The van der Waals surface area contributed by atoms with E-state index in [9.17, 15) is 4.79 Å². The third kappa shape index (κ3) is 4.33. The summed E-state index contributed by atoms with van der Waals surface area (Å²) in [7, 11) is 1.65. The summed E-state index contributed by atoms with van der Waals surface area (Å²) in [5, 5.41) is 13.8. The van der Waals surface area contributed by atoms with Crippen molar-refractivity contribution in [3.05, 3.63) is 81.4 Å². The Balaban J connectivity index is 1.60. The average Bonchev–Trinajstić information content (AvgIpc) is 3.28. The predicted octanol–water partition coefficient (Wildman–Crippen LogP) is 3.70. The lowest BCUT2D eigenvalue weighted by Gasteiger charge is -2.36. The van der Waals surface area contributed by atoms with Gasteiger partial charge >= 0.3 is 0 Å². The molecule has 8 heteroatoms. The van der Waals surface area contributed by atoms with Crippen LogP contribution in [0, 0.1) is 12.8 Å². The highest BCUT2D eigenvalue weighted by molar-refractivity contribution is 5.82. The standard InChI is InChI=1S/C26H30N6O2/c1-17-6-5-13-31(15-17)24(22-14-20-8-4-7-18(2)23(20)27-26(22)33)25-28-29-30-32(25)16-19-9-11-21(34-3)12-10-19/h4,7-12,14,17,24H,5-6,13,15-16H2,1-3H3,(H,27,33)/t17-,24+/m1/s1. The SMILES string of the molecule is COc1ccc(Cn2nnnc2[C@H](c2cc3cccc(C)c3[nH]c2=O)N2CCC[C@@H](C)C2)cc1. The van der Waals surface area contributed by atoms with Crippen LogP contribution in [0.25, 0.3) is 10.9 Å². The number of nitrogens with zero attached hydrogens (tertiary/aromatic N) is 5. The van der Waals surface area contributed by atoms with Crippen molar-refractivity contribution in [2.45, 2.75) is 39.3 Å². The fourth-order valence-corrected chi connectivity index (χ4v) is 4.99. The van der Waals surface area contributed by atoms with E-state index in [0.29, 0.717) is 23.9 Å². The summed E-state index contributed by atoms with van der Waals surface area (Å²) < 4.78 is 7.09. The summed E-state index contributed by atoms with van der Waals surface area (Å²) in [5.41, 5.74) is 3.57. The first-order valence-corrected chi connectivity index (χ1v) is 11.8. The van der Waals surface area contributed by atoms with Crippen molar-refractivity contribution in [1.82, 2.24) is 30.1 Å². The Morgan fingerprint density at radius 2 is 2.03 bits per heavy atom. The van der Waals surface area contributed by atoms with Gasteiger partial charge in [-0.05, 0) is 77.4 Å². The van der Waals surface area contributed by atoms with Gasteiger partial charge in [-0.2, -0.15) is 0 Å². The van der Waals surface area contributed by atoms with Crippen molar-refractivity contribution in [2.75, 3.05) is 20.2 Å². The Morgan fingerprint density at radius 3 is 2.79 bits per heavy atom. The molecule has 0 bridgehead atoms. The summed E-state index contributed by atoms with van der Waals surface area (Å²) in [6.07, 6.45) is 2.27. The molecule has 4 aromatic rings. The van der Waals surface area contributed by atoms with E-state index in [1.165, 1.54) is 6.42 Å². The molecule has 0 spiro atoms. The smallest absolute Gasteiger partial charge is 0.253 e. The molecule has 2 aromatic carbocycles. The number of hydrogen-bond donors (Lipinski definition) is 1. The number of hydrogen-bond acceptors (Lipinski definition) is 6. The maximum Gasteiger partial charge on any atom is 0.253 e. The number of aromatic amines is 1. The quantitative estimate of drug-likeness (QED) is 0.474. The second kappa shape index (κ2) is 9.38. The average molecular weight is 459 g/mol. The highest BCUT2D eigenvalue weighted by atomic mass is 16.5. The van der Waals surface area contributed by atoms with Gasteiger partial charge in [0.25, 0.3) is 5.56 Å². The van der Waals surface area contributed by atoms with Crippen molar-refractivity contribution in [3.8, 4) is 5.75 Å². The van der Waals surface area contributed by atoms with E-state index >= 15 is 0 Å². The Morgan fingerprint density at radius 1 is 1.21 bits per heavy atom. The normalized spacial score (nSPS) is 17.7. The van der Waals surface area contributed by atoms with E-state index in [1.54, 1.807) is 7.11 Å². The minimum atomic E-state index is -0.329. The lowest BCUT2D eigenvalue weighted by molar-refractivity contribution is 0.141.